The van der Waals surface area contributed by atoms with Gasteiger partial charge < -0.3 is 19.5 Å². The van der Waals surface area contributed by atoms with E-state index < -0.39 is 0 Å². The van der Waals surface area contributed by atoms with Crippen LogP contribution in [0.1, 0.15) is 22.7 Å². The number of carbonyl (C=O) groups is 1. The van der Waals surface area contributed by atoms with Crippen molar-refractivity contribution in [3.8, 4) is 17.2 Å². The standard InChI is InChI=1S/C25H25NO4/c1-28-21-16-18(17-22(29-2)25(21)30-3)14-15-23(27)26-24(19-10-6-4-7-11-19)20-12-8-5-9-13-20/h4-17,24H,1-3H3,(H,26,27). The van der Waals surface area contributed by atoms with Crippen molar-refractivity contribution in [2.75, 3.05) is 21.3 Å². The van der Waals surface area contributed by atoms with Crippen LogP contribution < -0.4 is 19.5 Å². The summed E-state index contributed by atoms with van der Waals surface area (Å²) in [6.45, 7) is 0. The Hall–Kier alpha value is -3.73. The zero-order chi connectivity index (χ0) is 21.3. The van der Waals surface area contributed by atoms with Crippen molar-refractivity contribution >= 4 is 12.0 Å². The second kappa shape index (κ2) is 10.2. The van der Waals surface area contributed by atoms with E-state index in [0.717, 1.165) is 16.7 Å². The lowest BCUT2D eigenvalue weighted by Crippen LogP contribution is -2.27. The third kappa shape index (κ3) is 5.00. The van der Waals surface area contributed by atoms with E-state index in [4.69, 9.17) is 14.2 Å². The average molecular weight is 403 g/mol. The van der Waals surface area contributed by atoms with E-state index >= 15 is 0 Å². The molecular formula is C25H25NO4. The lowest BCUT2D eigenvalue weighted by molar-refractivity contribution is -0.116. The number of rotatable bonds is 8. The van der Waals surface area contributed by atoms with Gasteiger partial charge in [0.15, 0.2) is 11.5 Å². The highest BCUT2D eigenvalue weighted by Crippen LogP contribution is 2.38. The van der Waals surface area contributed by atoms with Crippen LogP contribution in [0.4, 0.5) is 0 Å². The van der Waals surface area contributed by atoms with E-state index in [0.29, 0.717) is 17.2 Å². The van der Waals surface area contributed by atoms with E-state index in [1.165, 1.54) is 6.08 Å². The molecule has 0 unspecified atom stereocenters. The highest BCUT2D eigenvalue weighted by molar-refractivity contribution is 5.92. The van der Waals surface area contributed by atoms with Gasteiger partial charge in [0.25, 0.3) is 0 Å². The summed E-state index contributed by atoms with van der Waals surface area (Å²) in [6, 6.07) is 23.1. The van der Waals surface area contributed by atoms with Crippen molar-refractivity contribution in [2.24, 2.45) is 0 Å². The molecule has 1 amide bonds. The maximum atomic E-state index is 12.7. The molecule has 5 nitrogen and oxygen atoms in total. The summed E-state index contributed by atoms with van der Waals surface area (Å²) >= 11 is 0. The topological polar surface area (TPSA) is 56.8 Å². The van der Waals surface area contributed by atoms with Crippen molar-refractivity contribution in [3.63, 3.8) is 0 Å². The molecule has 0 atom stereocenters. The minimum Gasteiger partial charge on any atom is -0.493 e. The zero-order valence-electron chi connectivity index (χ0n) is 17.3. The molecule has 0 bridgehead atoms. The van der Waals surface area contributed by atoms with Gasteiger partial charge in [-0.15, -0.1) is 0 Å². The van der Waals surface area contributed by atoms with Crippen LogP contribution in [0.2, 0.25) is 0 Å². The molecule has 0 radical (unpaired) electrons. The van der Waals surface area contributed by atoms with E-state index in [2.05, 4.69) is 5.32 Å². The molecule has 0 saturated carbocycles. The number of nitrogens with one attached hydrogen (secondary N) is 1. The van der Waals surface area contributed by atoms with Crippen LogP contribution in [0.15, 0.2) is 78.9 Å². The number of hydrogen-bond donors (Lipinski definition) is 1. The molecule has 0 aliphatic carbocycles. The Morgan fingerprint density at radius 2 is 1.30 bits per heavy atom. The normalized spacial score (nSPS) is 10.8. The third-order valence-electron chi connectivity index (χ3n) is 4.67. The summed E-state index contributed by atoms with van der Waals surface area (Å²) in [7, 11) is 4.67. The van der Waals surface area contributed by atoms with Crippen LogP contribution in [0.25, 0.3) is 6.08 Å². The number of hydrogen-bond acceptors (Lipinski definition) is 4. The Balaban J connectivity index is 1.83. The van der Waals surface area contributed by atoms with Crippen LogP contribution >= 0.6 is 0 Å². The maximum absolute atomic E-state index is 12.7. The van der Waals surface area contributed by atoms with Gasteiger partial charge in [-0.1, -0.05) is 60.7 Å². The van der Waals surface area contributed by atoms with Gasteiger partial charge in [-0.2, -0.15) is 0 Å². The third-order valence-corrected chi connectivity index (χ3v) is 4.67. The van der Waals surface area contributed by atoms with Gasteiger partial charge in [-0.05, 0) is 34.9 Å². The van der Waals surface area contributed by atoms with Gasteiger partial charge in [-0.25, -0.2) is 0 Å². The molecular weight excluding hydrogens is 378 g/mol. The van der Waals surface area contributed by atoms with E-state index in [1.807, 2.05) is 60.7 Å². The first-order valence-electron chi connectivity index (χ1n) is 9.54. The summed E-state index contributed by atoms with van der Waals surface area (Å²) < 4.78 is 16.1. The number of benzene rings is 3. The monoisotopic (exact) mass is 403 g/mol. The number of carbonyl (C=O) groups excluding carboxylic acids is 1. The molecule has 5 heteroatoms. The molecule has 3 rings (SSSR count). The van der Waals surface area contributed by atoms with E-state index in [-0.39, 0.29) is 11.9 Å². The highest BCUT2D eigenvalue weighted by Gasteiger charge is 2.16. The fourth-order valence-electron chi connectivity index (χ4n) is 3.21. The molecule has 0 heterocycles. The van der Waals surface area contributed by atoms with Crippen molar-refractivity contribution < 1.29 is 19.0 Å². The van der Waals surface area contributed by atoms with Gasteiger partial charge in [0.1, 0.15) is 0 Å². The lowest BCUT2D eigenvalue weighted by Gasteiger charge is -2.19. The van der Waals surface area contributed by atoms with Gasteiger partial charge in [0, 0.05) is 6.08 Å². The Bertz CT molecular complexity index is 936. The van der Waals surface area contributed by atoms with Crippen LogP contribution in [-0.2, 0) is 4.79 Å². The summed E-state index contributed by atoms with van der Waals surface area (Å²) in [6.07, 6.45) is 3.21. The molecule has 0 fully saturated rings. The first kappa shape index (κ1) is 21.0. The molecule has 0 aromatic heterocycles. The van der Waals surface area contributed by atoms with Crippen molar-refractivity contribution in [2.45, 2.75) is 6.04 Å². The van der Waals surface area contributed by atoms with Gasteiger partial charge in [0.05, 0.1) is 27.4 Å². The molecule has 154 valence electrons. The molecule has 0 spiro atoms. The molecule has 0 saturated heterocycles. The Kier molecular flexibility index (Phi) is 7.11. The minimum atomic E-state index is -0.246. The molecule has 3 aromatic carbocycles. The van der Waals surface area contributed by atoms with Crippen LogP contribution in [0.3, 0.4) is 0 Å². The van der Waals surface area contributed by atoms with Crippen LogP contribution in [0.5, 0.6) is 17.2 Å². The molecule has 1 N–H and O–H groups in total. The van der Waals surface area contributed by atoms with Crippen molar-refractivity contribution in [3.05, 3.63) is 95.6 Å². The van der Waals surface area contributed by atoms with E-state index in [9.17, 15) is 4.79 Å². The van der Waals surface area contributed by atoms with Crippen LogP contribution in [-0.4, -0.2) is 27.2 Å². The Morgan fingerprint density at radius 3 is 1.73 bits per heavy atom. The smallest absolute Gasteiger partial charge is 0.244 e. The summed E-state index contributed by atoms with van der Waals surface area (Å²) in [5.41, 5.74) is 2.78. The minimum absolute atomic E-state index is 0.207. The maximum Gasteiger partial charge on any atom is 0.244 e. The highest BCUT2D eigenvalue weighted by atomic mass is 16.5. The number of ether oxygens (including phenoxy) is 3. The van der Waals surface area contributed by atoms with Crippen molar-refractivity contribution in [1.82, 2.24) is 5.32 Å². The molecule has 3 aromatic rings. The largest absolute Gasteiger partial charge is 0.493 e. The van der Waals surface area contributed by atoms with E-state index in [1.54, 1.807) is 39.5 Å². The average Bonchev–Trinajstić information content (AvgIpc) is 2.81. The fourth-order valence-corrected chi connectivity index (χ4v) is 3.21. The zero-order valence-corrected chi connectivity index (χ0v) is 17.3. The molecule has 0 aliphatic heterocycles. The number of methoxy groups -OCH3 is 3. The number of amides is 1. The lowest BCUT2D eigenvalue weighted by atomic mass is 9.98. The SMILES string of the molecule is COc1cc(C=CC(=O)NC(c2ccccc2)c2ccccc2)cc(OC)c1OC. The molecule has 30 heavy (non-hydrogen) atoms. The van der Waals surface area contributed by atoms with Crippen molar-refractivity contribution in [1.29, 1.82) is 0 Å². The second-order valence-corrected chi connectivity index (χ2v) is 6.55. The summed E-state index contributed by atoms with van der Waals surface area (Å²) in [5, 5.41) is 3.09. The summed E-state index contributed by atoms with van der Waals surface area (Å²) in [5.74, 6) is 1.36. The van der Waals surface area contributed by atoms with Crippen LogP contribution in [0, 0.1) is 0 Å². The Morgan fingerprint density at radius 1 is 0.800 bits per heavy atom. The van der Waals surface area contributed by atoms with Gasteiger partial charge in [0.2, 0.25) is 11.7 Å². The second-order valence-electron chi connectivity index (χ2n) is 6.55. The molecule has 0 aliphatic rings. The fraction of sp³-hybridized carbons (Fsp3) is 0.160. The summed E-state index contributed by atoms with van der Waals surface area (Å²) in [4.78, 5) is 12.7. The predicted molar refractivity (Wildman–Crippen MR) is 118 cm³/mol. The van der Waals surface area contributed by atoms with Gasteiger partial charge >= 0.3 is 0 Å². The Labute approximate surface area is 176 Å². The van der Waals surface area contributed by atoms with Gasteiger partial charge in [-0.3, -0.25) is 4.79 Å². The predicted octanol–water partition coefficient (Wildman–Crippen LogP) is 4.63. The first-order valence-corrected chi connectivity index (χ1v) is 9.54. The first-order chi connectivity index (χ1) is 14.7. The quantitative estimate of drug-likeness (QED) is 0.557.